The van der Waals surface area contributed by atoms with Crippen molar-refractivity contribution >= 4 is 57.4 Å². The molecule has 1 saturated heterocycles. The molecule has 3 aromatic heterocycles. The van der Waals surface area contributed by atoms with Gasteiger partial charge >= 0.3 is 5.97 Å². The highest BCUT2D eigenvalue weighted by Crippen LogP contribution is 2.40. The van der Waals surface area contributed by atoms with Crippen molar-refractivity contribution in [2.75, 3.05) is 18.6 Å². The Bertz CT molecular complexity index is 1550. The molecule has 0 saturated carbocycles. The number of pyridine rings is 1. The Hall–Kier alpha value is -4.42. The van der Waals surface area contributed by atoms with E-state index >= 15 is 0 Å². The number of nitrogens with two attached hydrogens (primary N) is 1. The molecule has 0 unspecified atom stereocenters. The van der Waals surface area contributed by atoms with E-state index in [2.05, 4.69) is 21.5 Å². The standard InChI is InChI=1S/C22H18N8O5S2/c1-35-27-15(13-10-37-22(24)25-13)18(31)26-16-19(32)30-17(21(33)34)11(9-36-20(16)30)7-28-8-12(6-23)29-5-3-2-4-14(28)29/h2-5,8,10,16,20H,7,9H2,1H3,(H3-,24,25,26,31,33,34)/p+1/t16-,20+/m1/s1. The second-order valence-corrected chi connectivity index (χ2v) is 9.99. The fourth-order valence-electron chi connectivity index (χ4n) is 4.27. The van der Waals surface area contributed by atoms with Crippen LogP contribution in [0, 0.1) is 11.3 Å². The number of imidazole rings is 1. The van der Waals surface area contributed by atoms with Crippen LogP contribution in [0.5, 0.6) is 0 Å². The number of thioether (sulfide) groups is 1. The molecule has 4 N–H and O–H groups in total. The molecule has 5 heterocycles. The molecule has 3 aromatic rings. The first-order chi connectivity index (χ1) is 17.8. The smallest absolute Gasteiger partial charge is 0.352 e. The fourth-order valence-corrected chi connectivity index (χ4v) is 6.15. The van der Waals surface area contributed by atoms with Crippen LogP contribution in [-0.4, -0.2) is 67.2 Å². The molecule has 37 heavy (non-hydrogen) atoms. The van der Waals surface area contributed by atoms with Gasteiger partial charge in [-0.2, -0.15) is 9.66 Å². The lowest BCUT2D eigenvalue weighted by atomic mass is 10.0. The van der Waals surface area contributed by atoms with Crippen molar-refractivity contribution < 1.29 is 28.9 Å². The third kappa shape index (κ3) is 4.15. The maximum atomic E-state index is 13.1. The number of carbonyl (C=O) groups excluding carboxylic acids is 2. The Morgan fingerprint density at radius 1 is 1.46 bits per heavy atom. The quantitative estimate of drug-likeness (QED) is 0.160. The SMILES string of the molecule is CON=C(C(=O)N[C@@H]1C(=O)N2C(C(=O)O)=C(C[n+]3cc(C#N)n4ccccc43)CS[C@@H]12)c1csc(N)n1. The van der Waals surface area contributed by atoms with Gasteiger partial charge in [-0.3, -0.25) is 14.5 Å². The van der Waals surface area contributed by atoms with Crippen LogP contribution in [-0.2, 0) is 25.8 Å². The van der Waals surface area contributed by atoms with Gasteiger partial charge in [-0.05, 0) is 6.07 Å². The van der Waals surface area contributed by atoms with Crippen molar-refractivity contribution in [3.05, 3.63) is 58.6 Å². The third-order valence-corrected chi connectivity index (χ3v) is 7.86. The molecule has 2 atom stereocenters. The first-order valence-electron chi connectivity index (χ1n) is 10.8. The van der Waals surface area contributed by atoms with E-state index in [0.29, 0.717) is 22.7 Å². The molecule has 0 aliphatic carbocycles. The number of aromatic nitrogens is 3. The van der Waals surface area contributed by atoms with Crippen molar-refractivity contribution in [3.8, 4) is 6.07 Å². The van der Waals surface area contributed by atoms with Crippen LogP contribution in [0.15, 0.2) is 52.4 Å². The minimum atomic E-state index is -1.25. The number of nitrogens with zero attached hydrogens (tertiary/aromatic N) is 6. The Morgan fingerprint density at radius 3 is 2.95 bits per heavy atom. The number of nitriles is 1. The molecule has 13 nitrogen and oxygen atoms in total. The normalized spacial score (nSPS) is 19.3. The van der Waals surface area contributed by atoms with Crippen LogP contribution in [0.4, 0.5) is 5.13 Å². The molecule has 2 aliphatic heterocycles. The van der Waals surface area contributed by atoms with Gasteiger partial charge in [-0.15, -0.1) is 23.1 Å². The maximum absolute atomic E-state index is 13.1. The summed E-state index contributed by atoms with van der Waals surface area (Å²) in [4.78, 5) is 48.2. The number of amides is 2. The Kier molecular flexibility index (Phi) is 6.27. The number of aliphatic carboxylic acids is 1. The highest BCUT2D eigenvalue weighted by Gasteiger charge is 2.54. The average Bonchev–Trinajstić information content (AvgIpc) is 3.48. The lowest BCUT2D eigenvalue weighted by Gasteiger charge is -2.49. The molecule has 0 radical (unpaired) electrons. The molecule has 0 spiro atoms. The zero-order valence-electron chi connectivity index (χ0n) is 19.2. The molecule has 2 amide bonds. The van der Waals surface area contributed by atoms with Gasteiger partial charge in [0.1, 0.15) is 48.7 Å². The molecule has 15 heteroatoms. The maximum Gasteiger partial charge on any atom is 0.352 e. The summed E-state index contributed by atoms with van der Waals surface area (Å²) in [5.41, 5.74) is 7.18. The average molecular weight is 540 g/mol. The van der Waals surface area contributed by atoms with Crippen molar-refractivity contribution in [2.45, 2.75) is 18.0 Å². The summed E-state index contributed by atoms with van der Waals surface area (Å²) in [7, 11) is 1.27. The number of carbonyl (C=O) groups is 3. The number of carboxylic acid groups (broad SMARTS) is 1. The largest absolute Gasteiger partial charge is 0.477 e. The molecule has 2 aliphatic rings. The zero-order chi connectivity index (χ0) is 26.3. The summed E-state index contributed by atoms with van der Waals surface area (Å²) >= 11 is 2.46. The Morgan fingerprint density at radius 2 is 2.27 bits per heavy atom. The van der Waals surface area contributed by atoms with Crippen LogP contribution in [0.1, 0.15) is 11.4 Å². The predicted molar refractivity (Wildman–Crippen MR) is 132 cm³/mol. The van der Waals surface area contributed by atoms with E-state index in [4.69, 9.17) is 10.6 Å². The molecule has 0 bridgehead atoms. The number of rotatable bonds is 7. The molecular formula is C22H19N8O5S2+. The lowest BCUT2D eigenvalue weighted by molar-refractivity contribution is -0.662. The number of β-lactam (4-membered cyclic amide) rings is 1. The van der Waals surface area contributed by atoms with Crippen LogP contribution >= 0.6 is 23.1 Å². The number of oxime groups is 1. The summed E-state index contributed by atoms with van der Waals surface area (Å²) in [5.74, 6) is -2.19. The highest BCUT2D eigenvalue weighted by atomic mass is 32.2. The highest BCUT2D eigenvalue weighted by molar-refractivity contribution is 8.00. The van der Waals surface area contributed by atoms with Gasteiger partial charge in [0.05, 0.1) is 6.20 Å². The van der Waals surface area contributed by atoms with Gasteiger partial charge < -0.3 is 21.0 Å². The van der Waals surface area contributed by atoms with Gasteiger partial charge in [0.2, 0.25) is 5.69 Å². The number of hydrogen-bond acceptors (Lipinski definition) is 10. The number of thiazole rings is 1. The number of nitrogen functional groups attached to an aromatic ring is 1. The van der Waals surface area contributed by atoms with Crippen molar-refractivity contribution in [1.82, 2.24) is 19.6 Å². The summed E-state index contributed by atoms with van der Waals surface area (Å²) in [6, 6.07) is 6.59. The Balaban J connectivity index is 1.40. The van der Waals surface area contributed by atoms with Crippen molar-refractivity contribution in [1.29, 1.82) is 5.26 Å². The van der Waals surface area contributed by atoms with E-state index in [1.165, 1.54) is 29.2 Å². The predicted octanol–water partition coefficient (Wildman–Crippen LogP) is -0.0735. The van der Waals surface area contributed by atoms with E-state index in [1.54, 1.807) is 27.4 Å². The van der Waals surface area contributed by atoms with Crippen LogP contribution in [0.2, 0.25) is 0 Å². The molecule has 188 valence electrons. The van der Waals surface area contributed by atoms with Crippen molar-refractivity contribution in [3.63, 3.8) is 0 Å². The van der Waals surface area contributed by atoms with E-state index in [1.807, 2.05) is 12.1 Å². The molecule has 5 rings (SSSR count). The van der Waals surface area contributed by atoms with Gasteiger partial charge in [-0.25, -0.2) is 14.3 Å². The van der Waals surface area contributed by atoms with Gasteiger partial charge in [0, 0.05) is 22.8 Å². The summed E-state index contributed by atoms with van der Waals surface area (Å²) in [6.45, 7) is 0.174. The number of carboxylic acids is 1. The summed E-state index contributed by atoms with van der Waals surface area (Å²) in [5, 5.41) is 27.0. The van der Waals surface area contributed by atoms with Crippen LogP contribution in [0.3, 0.4) is 0 Å². The van der Waals surface area contributed by atoms with E-state index in [9.17, 15) is 24.8 Å². The second kappa shape index (κ2) is 9.56. The molecule has 1 fully saturated rings. The van der Waals surface area contributed by atoms with Gasteiger partial charge in [0.25, 0.3) is 17.5 Å². The van der Waals surface area contributed by atoms with E-state index in [-0.39, 0.29) is 28.8 Å². The number of nitrogens with one attached hydrogen (secondary N) is 1. The first kappa shape index (κ1) is 24.3. The molecule has 0 aromatic carbocycles. The monoisotopic (exact) mass is 539 g/mol. The number of hydrogen-bond donors (Lipinski definition) is 3. The second-order valence-electron chi connectivity index (χ2n) is 7.99. The molecular weight excluding hydrogens is 520 g/mol. The van der Waals surface area contributed by atoms with Gasteiger partial charge in [-0.1, -0.05) is 11.2 Å². The summed E-state index contributed by atoms with van der Waals surface area (Å²) < 4.78 is 3.48. The first-order valence-corrected chi connectivity index (χ1v) is 12.7. The van der Waals surface area contributed by atoms with E-state index in [0.717, 1.165) is 11.3 Å². The fraction of sp³-hybridized carbons (Fsp3) is 0.227. The van der Waals surface area contributed by atoms with Gasteiger partial charge in [0.15, 0.2) is 10.8 Å². The van der Waals surface area contributed by atoms with Crippen LogP contribution in [0.25, 0.3) is 5.65 Å². The minimum Gasteiger partial charge on any atom is -0.477 e. The van der Waals surface area contributed by atoms with E-state index < -0.39 is 29.2 Å². The van der Waals surface area contributed by atoms with Crippen molar-refractivity contribution in [2.24, 2.45) is 5.16 Å². The third-order valence-electron chi connectivity index (χ3n) is 5.84. The number of fused-ring (bicyclic) bond motifs is 2. The zero-order valence-corrected chi connectivity index (χ0v) is 20.8. The topological polar surface area (TPSA) is 179 Å². The minimum absolute atomic E-state index is 0.126. The van der Waals surface area contributed by atoms with Crippen LogP contribution < -0.4 is 15.6 Å². The lowest BCUT2D eigenvalue weighted by Crippen LogP contribution is -2.71. The Labute approximate surface area is 217 Å². The summed E-state index contributed by atoms with van der Waals surface area (Å²) in [6.07, 6.45) is 3.39. The number of anilines is 1.